The fraction of sp³-hybridized carbons (Fsp3) is 0.333. The fourth-order valence-corrected chi connectivity index (χ4v) is 2.49. The molecule has 0 atom stereocenters. The summed E-state index contributed by atoms with van der Waals surface area (Å²) in [6.45, 7) is 0. The van der Waals surface area contributed by atoms with Gasteiger partial charge in [0.1, 0.15) is 0 Å². The smallest absolute Gasteiger partial charge is 0.166 e. The van der Waals surface area contributed by atoms with Crippen LogP contribution in [-0.2, 0) is 9.47 Å². The standard InChI is InChI=1S/C12H15NO2S/c1-14-12(15-2)8-16-11-7-9-5-3-4-6-10(9)13-11/h3-7,12-13H,8H2,1-2H3. The third-order valence-electron chi connectivity index (χ3n) is 2.41. The Balaban J connectivity index is 2.04. The Bertz CT molecular complexity index is 418. The number of aromatic amines is 1. The summed E-state index contributed by atoms with van der Waals surface area (Å²) in [5.41, 5.74) is 1.16. The molecular weight excluding hydrogens is 222 g/mol. The maximum Gasteiger partial charge on any atom is 0.166 e. The number of rotatable bonds is 5. The first-order chi connectivity index (χ1) is 7.83. The summed E-state index contributed by atoms with van der Waals surface area (Å²) < 4.78 is 10.3. The molecule has 0 unspecified atom stereocenters. The van der Waals surface area contributed by atoms with E-state index in [1.54, 1.807) is 26.0 Å². The molecule has 0 aliphatic carbocycles. The second-order valence-corrected chi connectivity index (χ2v) is 4.49. The number of para-hydroxylation sites is 1. The average Bonchev–Trinajstić information content (AvgIpc) is 2.73. The second kappa shape index (κ2) is 5.39. The van der Waals surface area contributed by atoms with Crippen molar-refractivity contribution in [2.45, 2.75) is 11.3 Å². The number of hydrogen-bond acceptors (Lipinski definition) is 3. The van der Waals surface area contributed by atoms with Gasteiger partial charge in [0, 0.05) is 25.1 Å². The van der Waals surface area contributed by atoms with Crippen LogP contribution in [0, 0.1) is 0 Å². The molecule has 0 spiro atoms. The van der Waals surface area contributed by atoms with Gasteiger partial charge in [0.15, 0.2) is 6.29 Å². The fourth-order valence-electron chi connectivity index (χ4n) is 1.51. The molecule has 16 heavy (non-hydrogen) atoms. The van der Waals surface area contributed by atoms with E-state index in [-0.39, 0.29) is 6.29 Å². The molecule has 0 radical (unpaired) electrons. The lowest BCUT2D eigenvalue weighted by molar-refractivity contribution is -0.0842. The van der Waals surface area contributed by atoms with Crippen molar-refractivity contribution in [3.05, 3.63) is 30.3 Å². The number of methoxy groups -OCH3 is 2. The summed E-state index contributed by atoms with van der Waals surface area (Å²) in [4.78, 5) is 3.35. The van der Waals surface area contributed by atoms with Crippen molar-refractivity contribution in [3.63, 3.8) is 0 Å². The molecule has 4 heteroatoms. The molecule has 0 amide bonds. The second-order valence-electron chi connectivity index (χ2n) is 3.43. The first kappa shape index (κ1) is 11.5. The topological polar surface area (TPSA) is 34.2 Å². The lowest BCUT2D eigenvalue weighted by atomic mass is 10.3. The van der Waals surface area contributed by atoms with Crippen molar-refractivity contribution in [1.29, 1.82) is 0 Å². The van der Waals surface area contributed by atoms with Crippen molar-refractivity contribution in [2.24, 2.45) is 0 Å². The van der Waals surface area contributed by atoms with E-state index in [0.29, 0.717) is 0 Å². The predicted molar refractivity (Wildman–Crippen MR) is 66.8 cm³/mol. The number of benzene rings is 1. The molecule has 1 N–H and O–H groups in total. The van der Waals surface area contributed by atoms with Crippen LogP contribution in [0.2, 0.25) is 0 Å². The molecule has 0 bridgehead atoms. The van der Waals surface area contributed by atoms with Crippen molar-refractivity contribution < 1.29 is 9.47 Å². The molecule has 0 aliphatic heterocycles. The number of nitrogens with one attached hydrogen (secondary N) is 1. The Morgan fingerprint density at radius 2 is 2.00 bits per heavy atom. The largest absolute Gasteiger partial charge is 0.355 e. The number of fused-ring (bicyclic) bond motifs is 1. The first-order valence-electron chi connectivity index (χ1n) is 5.09. The molecule has 1 heterocycles. The van der Waals surface area contributed by atoms with Crippen LogP contribution in [0.3, 0.4) is 0 Å². The minimum Gasteiger partial charge on any atom is -0.355 e. The lowest BCUT2D eigenvalue weighted by Gasteiger charge is -2.11. The molecule has 0 fully saturated rings. The third kappa shape index (κ3) is 2.58. The van der Waals surface area contributed by atoms with Crippen LogP contribution in [0.5, 0.6) is 0 Å². The first-order valence-corrected chi connectivity index (χ1v) is 6.08. The van der Waals surface area contributed by atoms with Gasteiger partial charge in [0.2, 0.25) is 0 Å². The Kier molecular flexibility index (Phi) is 3.88. The monoisotopic (exact) mass is 237 g/mol. The van der Waals surface area contributed by atoms with Gasteiger partial charge in [0.05, 0.1) is 10.8 Å². The highest BCUT2D eigenvalue weighted by Crippen LogP contribution is 2.23. The van der Waals surface area contributed by atoms with Gasteiger partial charge in [-0.2, -0.15) is 0 Å². The Labute approximate surface area is 99.1 Å². The maximum absolute atomic E-state index is 5.14. The minimum atomic E-state index is -0.156. The van der Waals surface area contributed by atoms with Gasteiger partial charge in [-0.15, -0.1) is 11.8 Å². The molecule has 0 aliphatic rings. The zero-order valence-corrected chi connectivity index (χ0v) is 10.2. The molecule has 1 aromatic heterocycles. The molecule has 86 valence electrons. The number of ether oxygens (including phenoxy) is 2. The van der Waals surface area contributed by atoms with Crippen LogP contribution in [0.15, 0.2) is 35.4 Å². The van der Waals surface area contributed by atoms with Crippen LogP contribution in [0.25, 0.3) is 10.9 Å². The summed E-state index contributed by atoms with van der Waals surface area (Å²) in [5.74, 6) is 0.778. The highest BCUT2D eigenvalue weighted by molar-refractivity contribution is 7.99. The highest BCUT2D eigenvalue weighted by atomic mass is 32.2. The van der Waals surface area contributed by atoms with E-state index in [4.69, 9.17) is 9.47 Å². The van der Waals surface area contributed by atoms with Gasteiger partial charge in [-0.25, -0.2) is 0 Å². The van der Waals surface area contributed by atoms with Gasteiger partial charge >= 0.3 is 0 Å². The average molecular weight is 237 g/mol. The molecular formula is C12H15NO2S. The van der Waals surface area contributed by atoms with E-state index in [2.05, 4.69) is 23.2 Å². The number of aromatic nitrogens is 1. The van der Waals surface area contributed by atoms with Gasteiger partial charge in [-0.05, 0) is 12.1 Å². The molecule has 2 rings (SSSR count). The summed E-state index contributed by atoms with van der Waals surface area (Å²) in [5, 5.41) is 2.37. The van der Waals surface area contributed by atoms with Gasteiger partial charge in [0.25, 0.3) is 0 Å². The summed E-state index contributed by atoms with van der Waals surface area (Å²) >= 11 is 1.70. The van der Waals surface area contributed by atoms with Gasteiger partial charge < -0.3 is 14.5 Å². The van der Waals surface area contributed by atoms with Gasteiger partial charge in [-0.1, -0.05) is 18.2 Å². The number of hydrogen-bond donors (Lipinski definition) is 1. The van der Waals surface area contributed by atoms with Crippen LogP contribution in [0.1, 0.15) is 0 Å². The van der Waals surface area contributed by atoms with Crippen LogP contribution < -0.4 is 0 Å². The zero-order chi connectivity index (χ0) is 11.4. The Morgan fingerprint density at radius 1 is 1.25 bits per heavy atom. The van der Waals surface area contributed by atoms with E-state index in [9.17, 15) is 0 Å². The van der Waals surface area contributed by atoms with Gasteiger partial charge in [-0.3, -0.25) is 0 Å². The molecule has 0 saturated carbocycles. The van der Waals surface area contributed by atoms with Crippen molar-refractivity contribution in [1.82, 2.24) is 4.98 Å². The summed E-state index contributed by atoms with van der Waals surface area (Å²) in [7, 11) is 3.31. The van der Waals surface area contributed by atoms with Crippen LogP contribution in [0.4, 0.5) is 0 Å². The third-order valence-corrected chi connectivity index (χ3v) is 3.38. The minimum absolute atomic E-state index is 0.156. The van der Waals surface area contributed by atoms with Crippen molar-refractivity contribution in [2.75, 3.05) is 20.0 Å². The van der Waals surface area contributed by atoms with E-state index in [1.165, 1.54) is 5.39 Å². The van der Waals surface area contributed by atoms with Crippen molar-refractivity contribution >= 4 is 22.7 Å². The molecule has 2 aromatic rings. The van der Waals surface area contributed by atoms with Crippen LogP contribution >= 0.6 is 11.8 Å². The Morgan fingerprint density at radius 3 is 2.69 bits per heavy atom. The molecule has 3 nitrogen and oxygen atoms in total. The summed E-state index contributed by atoms with van der Waals surface area (Å²) in [6.07, 6.45) is -0.156. The van der Waals surface area contributed by atoms with E-state index >= 15 is 0 Å². The van der Waals surface area contributed by atoms with E-state index in [0.717, 1.165) is 16.3 Å². The number of thioether (sulfide) groups is 1. The zero-order valence-electron chi connectivity index (χ0n) is 9.40. The Hall–Kier alpha value is -0.970. The molecule has 0 saturated heterocycles. The SMILES string of the molecule is COC(CSc1cc2ccccc2[nH]1)OC. The van der Waals surface area contributed by atoms with E-state index in [1.807, 2.05) is 12.1 Å². The van der Waals surface area contributed by atoms with Crippen LogP contribution in [-0.4, -0.2) is 31.2 Å². The predicted octanol–water partition coefficient (Wildman–Crippen LogP) is 2.88. The van der Waals surface area contributed by atoms with Crippen molar-refractivity contribution in [3.8, 4) is 0 Å². The highest BCUT2D eigenvalue weighted by Gasteiger charge is 2.07. The quantitative estimate of drug-likeness (QED) is 0.641. The number of H-pyrrole nitrogens is 1. The molecule has 1 aromatic carbocycles. The maximum atomic E-state index is 5.14. The lowest BCUT2D eigenvalue weighted by Crippen LogP contribution is -2.15. The normalized spacial score (nSPS) is 11.4. The summed E-state index contributed by atoms with van der Waals surface area (Å²) in [6, 6.07) is 10.4. The van der Waals surface area contributed by atoms with E-state index < -0.39 is 0 Å².